The first-order valence-electron chi connectivity index (χ1n) is 6.21. The molecule has 1 fully saturated rings. The highest BCUT2D eigenvalue weighted by molar-refractivity contribution is 7.93. The van der Waals surface area contributed by atoms with Gasteiger partial charge in [0.05, 0.1) is 26.7 Å². The number of nitrogens with zero attached hydrogens (tertiary/aromatic N) is 1. The summed E-state index contributed by atoms with van der Waals surface area (Å²) in [6, 6.07) is 5.43. The number of hydrogen-bond donors (Lipinski definition) is 2. The van der Waals surface area contributed by atoms with E-state index in [9.17, 15) is 8.42 Å². The van der Waals surface area contributed by atoms with E-state index in [-0.39, 0.29) is 5.25 Å². The molecule has 5 nitrogen and oxygen atoms in total. The highest BCUT2D eigenvalue weighted by atomic mass is 32.2. The Morgan fingerprint density at radius 2 is 2.32 bits per heavy atom. The Hall–Kier alpha value is -1.18. The molecule has 102 valence electrons. The SMILES string of the molecule is O=S(=O)(Nc1ccc2ncsc2c1)C1CCCNC1. The summed E-state index contributed by atoms with van der Waals surface area (Å²) in [5.41, 5.74) is 3.27. The molecule has 2 heterocycles. The van der Waals surface area contributed by atoms with Crippen molar-refractivity contribution >= 4 is 37.3 Å². The van der Waals surface area contributed by atoms with E-state index in [1.165, 1.54) is 11.3 Å². The number of sulfonamides is 1. The summed E-state index contributed by atoms with van der Waals surface area (Å²) in [5, 5.41) is 2.78. The van der Waals surface area contributed by atoms with Gasteiger partial charge in [-0.2, -0.15) is 0 Å². The van der Waals surface area contributed by atoms with Crippen LogP contribution in [0.2, 0.25) is 0 Å². The molecule has 0 radical (unpaired) electrons. The number of benzene rings is 1. The molecule has 1 atom stereocenters. The lowest BCUT2D eigenvalue weighted by molar-refractivity contribution is 0.499. The molecule has 0 amide bonds. The maximum absolute atomic E-state index is 12.3. The van der Waals surface area contributed by atoms with Crippen LogP contribution in [0.5, 0.6) is 0 Å². The molecule has 0 aliphatic carbocycles. The predicted octanol–water partition coefficient (Wildman–Crippen LogP) is 1.79. The second-order valence-electron chi connectivity index (χ2n) is 4.65. The van der Waals surface area contributed by atoms with E-state index in [0.29, 0.717) is 18.7 Å². The Kier molecular flexibility index (Phi) is 3.42. The first-order valence-corrected chi connectivity index (χ1v) is 8.63. The zero-order valence-corrected chi connectivity index (χ0v) is 11.9. The third-order valence-corrected chi connectivity index (χ3v) is 5.87. The van der Waals surface area contributed by atoms with Gasteiger partial charge in [-0.25, -0.2) is 13.4 Å². The van der Waals surface area contributed by atoms with Crippen LogP contribution in [0.3, 0.4) is 0 Å². The van der Waals surface area contributed by atoms with Gasteiger partial charge < -0.3 is 5.32 Å². The Labute approximate surface area is 116 Å². The second kappa shape index (κ2) is 5.07. The molecule has 1 aliphatic rings. The molecular weight excluding hydrogens is 282 g/mol. The highest BCUT2D eigenvalue weighted by Crippen LogP contribution is 2.23. The molecular formula is C12H15N3O2S2. The number of piperidine rings is 1. The standard InChI is InChI=1S/C12H15N3O2S2/c16-19(17,10-2-1-5-13-7-10)15-9-3-4-11-12(6-9)18-8-14-11/h3-4,6,8,10,13,15H,1-2,5,7H2. The highest BCUT2D eigenvalue weighted by Gasteiger charge is 2.27. The average Bonchev–Trinajstić information content (AvgIpc) is 2.87. The van der Waals surface area contributed by atoms with Crippen molar-refractivity contribution in [3.8, 4) is 0 Å². The molecule has 1 aliphatic heterocycles. The summed E-state index contributed by atoms with van der Waals surface area (Å²) >= 11 is 1.50. The van der Waals surface area contributed by atoms with E-state index in [1.54, 1.807) is 11.6 Å². The number of hydrogen-bond acceptors (Lipinski definition) is 5. The third kappa shape index (κ3) is 2.72. The number of anilines is 1. The van der Waals surface area contributed by atoms with Crippen molar-refractivity contribution in [2.24, 2.45) is 0 Å². The lowest BCUT2D eigenvalue weighted by Crippen LogP contribution is -2.41. The fraction of sp³-hybridized carbons (Fsp3) is 0.417. The largest absolute Gasteiger partial charge is 0.315 e. The molecule has 1 aromatic heterocycles. The molecule has 0 bridgehead atoms. The average molecular weight is 297 g/mol. The van der Waals surface area contributed by atoms with E-state index < -0.39 is 10.0 Å². The van der Waals surface area contributed by atoms with Crippen LogP contribution in [0, 0.1) is 0 Å². The molecule has 1 unspecified atom stereocenters. The molecule has 7 heteroatoms. The van der Waals surface area contributed by atoms with Crippen molar-refractivity contribution in [2.45, 2.75) is 18.1 Å². The van der Waals surface area contributed by atoms with Gasteiger partial charge in [0.25, 0.3) is 0 Å². The quantitative estimate of drug-likeness (QED) is 0.906. The van der Waals surface area contributed by atoms with Crippen LogP contribution < -0.4 is 10.0 Å². The fourth-order valence-electron chi connectivity index (χ4n) is 2.25. The molecule has 19 heavy (non-hydrogen) atoms. The normalized spacial score (nSPS) is 20.5. The summed E-state index contributed by atoms with van der Waals surface area (Å²) in [4.78, 5) is 4.18. The van der Waals surface area contributed by atoms with Gasteiger partial charge in [0, 0.05) is 6.54 Å². The number of fused-ring (bicyclic) bond motifs is 1. The number of rotatable bonds is 3. The van der Waals surface area contributed by atoms with Gasteiger partial charge in [0.2, 0.25) is 10.0 Å². The Morgan fingerprint density at radius 3 is 3.11 bits per heavy atom. The van der Waals surface area contributed by atoms with Crippen LogP contribution >= 0.6 is 11.3 Å². The lowest BCUT2D eigenvalue weighted by atomic mass is 10.2. The van der Waals surface area contributed by atoms with Gasteiger partial charge in [-0.1, -0.05) is 0 Å². The maximum atomic E-state index is 12.3. The summed E-state index contributed by atoms with van der Waals surface area (Å²) in [5.74, 6) is 0. The molecule has 1 saturated heterocycles. The zero-order valence-electron chi connectivity index (χ0n) is 10.3. The van der Waals surface area contributed by atoms with Crippen molar-refractivity contribution in [1.29, 1.82) is 0 Å². The van der Waals surface area contributed by atoms with Gasteiger partial charge >= 0.3 is 0 Å². The minimum atomic E-state index is -3.32. The number of aromatic nitrogens is 1. The van der Waals surface area contributed by atoms with Crippen LogP contribution in [0.4, 0.5) is 5.69 Å². The van der Waals surface area contributed by atoms with Crippen LogP contribution in [0.1, 0.15) is 12.8 Å². The summed E-state index contributed by atoms with van der Waals surface area (Å²) < 4.78 is 28.2. The molecule has 2 aromatic rings. The zero-order chi connectivity index (χ0) is 13.3. The Bertz CT molecular complexity index is 675. The van der Waals surface area contributed by atoms with Gasteiger partial charge in [-0.15, -0.1) is 11.3 Å². The molecule has 0 spiro atoms. The van der Waals surface area contributed by atoms with Gasteiger partial charge in [-0.3, -0.25) is 4.72 Å². The van der Waals surface area contributed by atoms with E-state index >= 15 is 0 Å². The van der Waals surface area contributed by atoms with E-state index in [4.69, 9.17) is 0 Å². The topological polar surface area (TPSA) is 71.1 Å². The van der Waals surface area contributed by atoms with E-state index in [0.717, 1.165) is 23.2 Å². The van der Waals surface area contributed by atoms with Crippen LogP contribution in [0.25, 0.3) is 10.2 Å². The molecule has 2 N–H and O–H groups in total. The third-order valence-electron chi connectivity index (χ3n) is 3.28. The maximum Gasteiger partial charge on any atom is 0.236 e. The van der Waals surface area contributed by atoms with Gasteiger partial charge in [0.1, 0.15) is 0 Å². The second-order valence-corrected chi connectivity index (χ2v) is 7.50. The minimum absolute atomic E-state index is 0.349. The lowest BCUT2D eigenvalue weighted by Gasteiger charge is -2.23. The van der Waals surface area contributed by atoms with Gasteiger partial charge in [0.15, 0.2) is 0 Å². The monoisotopic (exact) mass is 297 g/mol. The summed E-state index contributed by atoms with van der Waals surface area (Å²) in [7, 11) is -3.32. The molecule has 3 rings (SSSR count). The van der Waals surface area contributed by atoms with Crippen molar-refractivity contribution in [3.05, 3.63) is 23.7 Å². The van der Waals surface area contributed by atoms with Crippen molar-refractivity contribution in [1.82, 2.24) is 10.3 Å². The smallest absolute Gasteiger partial charge is 0.236 e. The molecule has 0 saturated carbocycles. The number of nitrogens with one attached hydrogen (secondary N) is 2. The number of thiazole rings is 1. The first kappa shape index (κ1) is 12.8. The van der Waals surface area contributed by atoms with E-state index in [2.05, 4.69) is 15.0 Å². The van der Waals surface area contributed by atoms with Crippen LogP contribution in [-0.4, -0.2) is 31.7 Å². The Morgan fingerprint density at radius 1 is 1.42 bits per heavy atom. The minimum Gasteiger partial charge on any atom is -0.315 e. The van der Waals surface area contributed by atoms with Crippen molar-refractivity contribution < 1.29 is 8.42 Å². The van der Waals surface area contributed by atoms with Crippen molar-refractivity contribution in [2.75, 3.05) is 17.8 Å². The summed E-state index contributed by atoms with van der Waals surface area (Å²) in [6.45, 7) is 1.43. The van der Waals surface area contributed by atoms with Crippen LogP contribution in [-0.2, 0) is 10.0 Å². The summed E-state index contributed by atoms with van der Waals surface area (Å²) in [6.07, 6.45) is 1.62. The van der Waals surface area contributed by atoms with Crippen LogP contribution in [0.15, 0.2) is 23.7 Å². The van der Waals surface area contributed by atoms with Gasteiger partial charge in [-0.05, 0) is 37.6 Å². The van der Waals surface area contributed by atoms with Crippen molar-refractivity contribution in [3.63, 3.8) is 0 Å². The fourth-order valence-corrected chi connectivity index (χ4v) is 4.40. The van der Waals surface area contributed by atoms with E-state index in [1.807, 2.05) is 12.1 Å². The Balaban J connectivity index is 1.82. The first-order chi connectivity index (χ1) is 9.15. The predicted molar refractivity (Wildman–Crippen MR) is 78.1 cm³/mol. The molecule has 1 aromatic carbocycles.